The number of halogens is 3. The Morgan fingerprint density at radius 3 is 2.24 bits per heavy atom. The van der Waals surface area contributed by atoms with Crippen LogP contribution in [0, 0.1) is 0 Å². The minimum absolute atomic E-state index is 0.0332. The van der Waals surface area contributed by atoms with E-state index in [1.807, 2.05) is 0 Å². The average molecular weight is 391 g/mol. The third-order valence-electron chi connectivity index (χ3n) is 1.82. The number of hydrogen-bond donors (Lipinski definition) is 1. The summed E-state index contributed by atoms with van der Waals surface area (Å²) >= 11 is 6.35. The second-order valence-electron chi connectivity index (χ2n) is 3.15. The molecule has 0 fully saturated rings. The summed E-state index contributed by atoms with van der Waals surface area (Å²) in [6.45, 7) is -0.257. The number of nitrogens with two attached hydrogens (primary N) is 1. The van der Waals surface area contributed by atoms with Gasteiger partial charge in [-0.25, -0.2) is 13.6 Å². The van der Waals surface area contributed by atoms with Gasteiger partial charge in [-0.2, -0.15) is 0 Å². The third kappa shape index (κ3) is 4.20. The van der Waals surface area contributed by atoms with Crippen molar-refractivity contribution in [2.24, 2.45) is 5.14 Å². The molecule has 0 saturated heterocycles. The third-order valence-corrected chi connectivity index (χ3v) is 3.90. The lowest BCUT2D eigenvalue weighted by Gasteiger charge is -2.10. The van der Waals surface area contributed by atoms with Crippen molar-refractivity contribution in [2.75, 3.05) is 13.3 Å². The monoisotopic (exact) mass is 389 g/mol. The van der Waals surface area contributed by atoms with Crippen LogP contribution in [0.1, 0.15) is 6.42 Å². The Balaban J connectivity index is 3.03. The molecular formula is C9H10Br2FNO3S. The van der Waals surface area contributed by atoms with E-state index in [9.17, 15) is 12.8 Å². The van der Waals surface area contributed by atoms with E-state index in [-0.39, 0.29) is 17.9 Å². The van der Waals surface area contributed by atoms with Crippen molar-refractivity contribution in [2.45, 2.75) is 11.3 Å². The largest absolute Gasteiger partial charge is 0.491 e. The summed E-state index contributed by atoms with van der Waals surface area (Å²) in [6.07, 6.45) is 0.274. The number of ether oxygens (including phenoxy) is 1. The van der Waals surface area contributed by atoms with Gasteiger partial charge in [0.05, 0.1) is 27.1 Å². The predicted octanol–water partition coefficient (Wildman–Crippen LogP) is 2.60. The highest BCUT2D eigenvalue weighted by molar-refractivity contribution is 9.11. The fraction of sp³-hybridized carbons (Fsp3) is 0.333. The van der Waals surface area contributed by atoms with E-state index >= 15 is 0 Å². The number of benzene rings is 1. The molecule has 0 heterocycles. The molecule has 8 heteroatoms. The fourth-order valence-corrected chi connectivity index (χ4v) is 3.35. The first-order valence-corrected chi connectivity index (χ1v) is 7.70. The van der Waals surface area contributed by atoms with Crippen LogP contribution in [0.15, 0.2) is 26.0 Å². The van der Waals surface area contributed by atoms with Crippen molar-refractivity contribution < 1.29 is 17.5 Å². The summed E-state index contributed by atoms with van der Waals surface area (Å²) in [7, 11) is -3.77. The lowest BCUT2D eigenvalue weighted by Crippen LogP contribution is -2.12. The molecule has 0 aliphatic carbocycles. The average Bonchev–Trinajstić information content (AvgIpc) is 2.20. The molecule has 0 aromatic heterocycles. The Hall–Kier alpha value is -0.180. The molecule has 1 aromatic rings. The highest BCUT2D eigenvalue weighted by Gasteiger charge is 2.15. The maximum atomic E-state index is 11.9. The Morgan fingerprint density at radius 2 is 1.82 bits per heavy atom. The highest BCUT2D eigenvalue weighted by Crippen LogP contribution is 2.35. The molecule has 1 aromatic carbocycles. The van der Waals surface area contributed by atoms with E-state index in [0.717, 1.165) is 0 Å². The van der Waals surface area contributed by atoms with Gasteiger partial charge in [0.2, 0.25) is 10.0 Å². The lowest BCUT2D eigenvalue weighted by molar-refractivity contribution is 0.286. The van der Waals surface area contributed by atoms with E-state index in [2.05, 4.69) is 31.9 Å². The van der Waals surface area contributed by atoms with Gasteiger partial charge in [-0.05, 0) is 44.0 Å². The predicted molar refractivity (Wildman–Crippen MR) is 69.3 cm³/mol. The van der Waals surface area contributed by atoms with Crippen LogP contribution in [-0.4, -0.2) is 21.7 Å². The van der Waals surface area contributed by atoms with Crippen LogP contribution in [0.3, 0.4) is 0 Å². The molecule has 0 unspecified atom stereocenters. The molecule has 0 aliphatic heterocycles. The zero-order valence-corrected chi connectivity index (χ0v) is 12.6. The molecule has 0 atom stereocenters. The number of alkyl halides is 1. The minimum atomic E-state index is -3.77. The van der Waals surface area contributed by atoms with Gasteiger partial charge < -0.3 is 4.74 Å². The van der Waals surface area contributed by atoms with Gasteiger partial charge in [0.1, 0.15) is 5.75 Å². The first-order chi connectivity index (χ1) is 7.86. The molecule has 0 spiro atoms. The number of hydrogen-bond acceptors (Lipinski definition) is 3. The van der Waals surface area contributed by atoms with Crippen molar-refractivity contribution in [1.82, 2.24) is 0 Å². The van der Waals surface area contributed by atoms with Gasteiger partial charge in [-0.3, -0.25) is 4.39 Å². The fourth-order valence-electron chi connectivity index (χ4n) is 1.07. The van der Waals surface area contributed by atoms with Gasteiger partial charge in [0, 0.05) is 6.42 Å². The Morgan fingerprint density at radius 1 is 1.29 bits per heavy atom. The van der Waals surface area contributed by atoms with Crippen LogP contribution in [0.5, 0.6) is 5.75 Å². The standard InChI is InChI=1S/C9H10Br2FNO3S/c10-7-4-6(17(13,14)15)5-8(11)9(7)16-3-1-2-12/h4-5H,1-3H2,(H2,13,14,15). The van der Waals surface area contributed by atoms with Crippen molar-refractivity contribution in [3.8, 4) is 5.75 Å². The van der Waals surface area contributed by atoms with E-state index in [1.165, 1.54) is 12.1 Å². The number of rotatable bonds is 5. The van der Waals surface area contributed by atoms with E-state index in [4.69, 9.17) is 9.88 Å². The molecule has 4 nitrogen and oxygen atoms in total. The van der Waals surface area contributed by atoms with Crippen molar-refractivity contribution in [1.29, 1.82) is 0 Å². The molecular weight excluding hydrogens is 381 g/mol. The Labute approximate surface area is 116 Å². The van der Waals surface area contributed by atoms with E-state index in [0.29, 0.717) is 14.7 Å². The second kappa shape index (κ2) is 6.12. The van der Waals surface area contributed by atoms with Crippen LogP contribution in [0.2, 0.25) is 0 Å². The van der Waals surface area contributed by atoms with Crippen LogP contribution in [-0.2, 0) is 10.0 Å². The molecule has 2 N–H and O–H groups in total. The molecule has 1 rings (SSSR count). The normalized spacial score (nSPS) is 11.5. The smallest absolute Gasteiger partial charge is 0.238 e. The van der Waals surface area contributed by atoms with Crippen LogP contribution in [0.4, 0.5) is 4.39 Å². The van der Waals surface area contributed by atoms with Crippen LogP contribution in [0.25, 0.3) is 0 Å². The van der Waals surface area contributed by atoms with Crippen molar-refractivity contribution in [3.63, 3.8) is 0 Å². The summed E-state index contributed by atoms with van der Waals surface area (Å²) in [5.41, 5.74) is 0. The maximum Gasteiger partial charge on any atom is 0.238 e. The van der Waals surface area contributed by atoms with Crippen molar-refractivity contribution in [3.05, 3.63) is 21.1 Å². The SMILES string of the molecule is NS(=O)(=O)c1cc(Br)c(OCCCF)c(Br)c1. The van der Waals surface area contributed by atoms with Crippen LogP contribution < -0.4 is 9.88 Å². The zero-order valence-electron chi connectivity index (χ0n) is 8.62. The van der Waals surface area contributed by atoms with E-state index < -0.39 is 16.7 Å². The highest BCUT2D eigenvalue weighted by atomic mass is 79.9. The summed E-state index contributed by atoms with van der Waals surface area (Å²) < 4.78 is 40.4. The van der Waals surface area contributed by atoms with Crippen molar-refractivity contribution >= 4 is 41.9 Å². The van der Waals surface area contributed by atoms with Crippen LogP contribution >= 0.6 is 31.9 Å². The summed E-state index contributed by atoms with van der Waals surface area (Å²) in [6, 6.07) is 2.68. The summed E-state index contributed by atoms with van der Waals surface area (Å²) in [4.78, 5) is -0.0332. The molecule has 0 bridgehead atoms. The minimum Gasteiger partial charge on any atom is -0.491 e. The van der Waals surface area contributed by atoms with Gasteiger partial charge in [-0.1, -0.05) is 0 Å². The van der Waals surface area contributed by atoms with Gasteiger partial charge >= 0.3 is 0 Å². The van der Waals surface area contributed by atoms with Gasteiger partial charge in [-0.15, -0.1) is 0 Å². The van der Waals surface area contributed by atoms with Gasteiger partial charge in [0.25, 0.3) is 0 Å². The Bertz CT molecular complexity index is 484. The maximum absolute atomic E-state index is 11.9. The molecule has 96 valence electrons. The summed E-state index contributed by atoms with van der Waals surface area (Å²) in [5, 5.41) is 5.01. The topological polar surface area (TPSA) is 69.4 Å². The number of primary sulfonamides is 1. The quantitative estimate of drug-likeness (QED) is 0.785. The van der Waals surface area contributed by atoms with E-state index in [1.54, 1.807) is 0 Å². The van der Waals surface area contributed by atoms with Gasteiger partial charge in [0.15, 0.2) is 0 Å². The second-order valence-corrected chi connectivity index (χ2v) is 6.42. The zero-order chi connectivity index (χ0) is 13.1. The lowest BCUT2D eigenvalue weighted by atomic mass is 10.3. The Kier molecular flexibility index (Phi) is 5.36. The summed E-state index contributed by atoms with van der Waals surface area (Å²) in [5.74, 6) is 0.422. The molecule has 0 aliphatic rings. The number of sulfonamides is 1. The first kappa shape index (κ1) is 14.9. The molecule has 17 heavy (non-hydrogen) atoms. The molecule has 0 amide bonds. The molecule has 0 radical (unpaired) electrons. The molecule has 0 saturated carbocycles. The first-order valence-electron chi connectivity index (χ1n) is 4.57.